The molecular weight excluding hydrogens is 560 g/mol. The Kier molecular flexibility index (Phi) is 8.44. The summed E-state index contributed by atoms with van der Waals surface area (Å²) in [5.41, 5.74) is 3.75. The van der Waals surface area contributed by atoms with Gasteiger partial charge >= 0.3 is 23.9 Å². The van der Waals surface area contributed by atoms with Crippen LogP contribution in [0.3, 0.4) is 0 Å². The molecule has 226 valence electrons. The zero-order valence-electron chi connectivity index (χ0n) is 24.4. The molecule has 3 heterocycles. The molecule has 0 N–H and O–H groups in total. The minimum atomic E-state index is -1.31. The highest BCUT2D eigenvalue weighted by Crippen LogP contribution is 2.35. The maximum atomic E-state index is 12.2. The number of benzene rings is 2. The smallest absolute Gasteiger partial charge is 0.303 e. The van der Waals surface area contributed by atoms with Crippen molar-refractivity contribution in [2.75, 3.05) is 6.61 Å². The topological polar surface area (TPSA) is 150 Å². The first-order valence-corrected chi connectivity index (χ1v) is 13.7. The fraction of sp³-hybridized carbons (Fsp3) is 0.400. The van der Waals surface area contributed by atoms with Gasteiger partial charge in [0.15, 0.2) is 24.5 Å². The van der Waals surface area contributed by atoms with E-state index < -0.39 is 54.5 Å². The molecule has 13 heteroatoms. The van der Waals surface area contributed by atoms with Crippen LogP contribution in [0.4, 0.5) is 0 Å². The number of carbonyl (C=O) groups excluding carboxylic acids is 4. The van der Waals surface area contributed by atoms with Crippen molar-refractivity contribution in [1.82, 2.24) is 19.6 Å². The number of rotatable bonds is 8. The zero-order chi connectivity index (χ0) is 30.8. The van der Waals surface area contributed by atoms with E-state index in [-0.39, 0.29) is 6.61 Å². The Labute approximate surface area is 246 Å². The number of fused-ring (bicyclic) bond motifs is 3. The molecular formula is C30H32N4O9. The molecule has 1 aliphatic heterocycles. The predicted molar refractivity (Wildman–Crippen MR) is 151 cm³/mol. The third kappa shape index (κ3) is 6.36. The van der Waals surface area contributed by atoms with E-state index in [2.05, 4.69) is 33.1 Å². The Morgan fingerprint density at radius 3 is 2.16 bits per heavy atom. The lowest BCUT2D eigenvalue weighted by Gasteiger charge is -2.44. The van der Waals surface area contributed by atoms with Crippen molar-refractivity contribution in [2.45, 2.75) is 71.8 Å². The molecule has 5 rings (SSSR count). The average molecular weight is 593 g/mol. The van der Waals surface area contributed by atoms with Gasteiger partial charge in [-0.2, -0.15) is 0 Å². The number of ether oxygens (including phenoxy) is 5. The van der Waals surface area contributed by atoms with Crippen LogP contribution >= 0.6 is 0 Å². The number of aromatic nitrogens is 4. The molecule has 0 aliphatic carbocycles. The predicted octanol–water partition coefficient (Wildman–Crippen LogP) is 3.00. The van der Waals surface area contributed by atoms with Gasteiger partial charge in [0.25, 0.3) is 0 Å². The van der Waals surface area contributed by atoms with Crippen LogP contribution in [-0.2, 0) is 49.4 Å². The van der Waals surface area contributed by atoms with E-state index in [9.17, 15) is 19.2 Å². The standard InChI is InChI=1S/C30H32N4O9/c1-16-10-11-25-23(12-16)22-8-6-7-9-24(22)33(25)13-21-14-34(32-31-21)30-29(42-20(5)38)28(41-19(4)37)27(40-18(3)36)26(43-30)15-39-17(2)35/h6-12,14,26-30H,13,15H2,1-5H3/t26-,27-,28+,29-,30-/m1/s1. The van der Waals surface area contributed by atoms with Crippen LogP contribution < -0.4 is 0 Å². The minimum Gasteiger partial charge on any atom is -0.463 e. The van der Waals surface area contributed by atoms with E-state index in [0.29, 0.717) is 12.2 Å². The Balaban J connectivity index is 1.53. The molecule has 1 aliphatic rings. The van der Waals surface area contributed by atoms with Crippen LogP contribution in [-0.4, -0.2) is 74.5 Å². The number of nitrogens with zero attached hydrogens (tertiary/aromatic N) is 4. The molecule has 2 aromatic carbocycles. The van der Waals surface area contributed by atoms with Crippen molar-refractivity contribution in [3.63, 3.8) is 0 Å². The maximum absolute atomic E-state index is 12.2. The summed E-state index contributed by atoms with van der Waals surface area (Å²) in [7, 11) is 0. The van der Waals surface area contributed by atoms with Gasteiger partial charge in [0.2, 0.25) is 0 Å². The average Bonchev–Trinajstić information content (AvgIpc) is 3.52. The fourth-order valence-corrected chi connectivity index (χ4v) is 5.43. The molecule has 0 amide bonds. The Morgan fingerprint density at radius 1 is 0.814 bits per heavy atom. The highest BCUT2D eigenvalue weighted by molar-refractivity contribution is 6.08. The lowest BCUT2D eigenvalue weighted by atomic mass is 9.97. The van der Waals surface area contributed by atoms with Gasteiger partial charge in [0.1, 0.15) is 18.4 Å². The Morgan fingerprint density at radius 2 is 1.47 bits per heavy atom. The Bertz CT molecular complexity index is 1690. The summed E-state index contributed by atoms with van der Waals surface area (Å²) in [5, 5.41) is 10.8. The number of para-hydroxylation sites is 1. The summed E-state index contributed by atoms with van der Waals surface area (Å²) >= 11 is 0. The first-order chi connectivity index (χ1) is 20.5. The molecule has 0 unspecified atom stereocenters. The van der Waals surface area contributed by atoms with Crippen molar-refractivity contribution < 1.29 is 42.9 Å². The lowest BCUT2D eigenvalue weighted by molar-refractivity contribution is -0.270. The van der Waals surface area contributed by atoms with E-state index in [1.54, 1.807) is 6.20 Å². The maximum Gasteiger partial charge on any atom is 0.303 e. The van der Waals surface area contributed by atoms with Crippen LogP contribution in [0.1, 0.15) is 45.2 Å². The van der Waals surface area contributed by atoms with Gasteiger partial charge in [-0.1, -0.05) is 35.0 Å². The van der Waals surface area contributed by atoms with Crippen LogP contribution in [0, 0.1) is 6.92 Å². The molecule has 0 saturated carbocycles. The zero-order valence-corrected chi connectivity index (χ0v) is 24.4. The highest BCUT2D eigenvalue weighted by atomic mass is 16.7. The molecule has 5 atom stereocenters. The van der Waals surface area contributed by atoms with Crippen LogP contribution in [0.15, 0.2) is 48.7 Å². The van der Waals surface area contributed by atoms with E-state index in [1.165, 1.54) is 32.4 Å². The van der Waals surface area contributed by atoms with Gasteiger partial charge in [0.05, 0.1) is 12.7 Å². The quantitative estimate of drug-likeness (QED) is 0.219. The molecule has 0 bridgehead atoms. The molecule has 2 aromatic heterocycles. The molecule has 0 radical (unpaired) electrons. The number of aryl methyl sites for hydroxylation is 1. The van der Waals surface area contributed by atoms with E-state index in [1.807, 2.05) is 31.2 Å². The second kappa shape index (κ2) is 12.2. The molecule has 0 spiro atoms. The van der Waals surface area contributed by atoms with Gasteiger partial charge in [-0.05, 0) is 25.1 Å². The van der Waals surface area contributed by atoms with E-state index >= 15 is 0 Å². The Hall–Kier alpha value is -4.78. The van der Waals surface area contributed by atoms with E-state index in [4.69, 9.17) is 23.7 Å². The summed E-state index contributed by atoms with van der Waals surface area (Å²) in [6, 6.07) is 14.3. The van der Waals surface area contributed by atoms with Crippen molar-refractivity contribution in [2.24, 2.45) is 0 Å². The number of hydrogen-bond donors (Lipinski definition) is 0. The largest absolute Gasteiger partial charge is 0.463 e. The first kappa shape index (κ1) is 29.7. The third-order valence-corrected chi connectivity index (χ3v) is 7.03. The second-order valence-electron chi connectivity index (χ2n) is 10.4. The van der Waals surface area contributed by atoms with Gasteiger partial charge < -0.3 is 28.3 Å². The molecule has 13 nitrogen and oxygen atoms in total. The van der Waals surface area contributed by atoms with Crippen molar-refractivity contribution >= 4 is 45.7 Å². The number of carbonyl (C=O) groups is 4. The fourth-order valence-electron chi connectivity index (χ4n) is 5.43. The van der Waals surface area contributed by atoms with Crippen LogP contribution in [0.2, 0.25) is 0 Å². The number of hydrogen-bond acceptors (Lipinski definition) is 11. The molecule has 4 aromatic rings. The van der Waals surface area contributed by atoms with Gasteiger partial charge in [-0.15, -0.1) is 5.10 Å². The van der Waals surface area contributed by atoms with Crippen LogP contribution in [0.5, 0.6) is 0 Å². The van der Waals surface area contributed by atoms with Gasteiger partial charge in [-0.25, -0.2) is 4.68 Å². The normalized spacial score (nSPS) is 21.8. The number of esters is 4. The molecule has 1 saturated heterocycles. The van der Waals surface area contributed by atoms with E-state index in [0.717, 1.165) is 27.4 Å². The summed E-state index contributed by atoms with van der Waals surface area (Å²) < 4.78 is 31.4. The van der Waals surface area contributed by atoms with Gasteiger partial charge in [-0.3, -0.25) is 19.2 Å². The highest BCUT2D eigenvalue weighted by Gasteiger charge is 2.53. The summed E-state index contributed by atoms with van der Waals surface area (Å²) in [6.45, 7) is 6.80. The minimum absolute atomic E-state index is 0.337. The summed E-state index contributed by atoms with van der Waals surface area (Å²) in [5.74, 6) is -2.72. The molecule has 43 heavy (non-hydrogen) atoms. The monoisotopic (exact) mass is 592 g/mol. The summed E-state index contributed by atoms with van der Waals surface area (Å²) in [4.78, 5) is 48.0. The summed E-state index contributed by atoms with van der Waals surface area (Å²) in [6.07, 6.45) is -4.49. The molecule has 1 fully saturated rings. The van der Waals surface area contributed by atoms with Gasteiger partial charge in [0, 0.05) is 49.5 Å². The second-order valence-corrected chi connectivity index (χ2v) is 10.4. The van der Waals surface area contributed by atoms with Crippen LogP contribution in [0.25, 0.3) is 21.8 Å². The van der Waals surface area contributed by atoms with Crippen molar-refractivity contribution in [3.8, 4) is 0 Å². The first-order valence-electron chi connectivity index (χ1n) is 13.7. The van der Waals surface area contributed by atoms with Crippen molar-refractivity contribution in [3.05, 3.63) is 59.9 Å². The third-order valence-electron chi connectivity index (χ3n) is 7.03. The lowest BCUT2D eigenvalue weighted by Crippen LogP contribution is -2.60. The van der Waals surface area contributed by atoms with Crippen molar-refractivity contribution in [1.29, 1.82) is 0 Å². The SMILES string of the molecule is CC(=O)OC[C@H]1O[C@@H](n2cc(Cn3c4ccccc4c4cc(C)ccc43)nn2)[C@H](OC(C)=O)[C@@H](OC(C)=O)[C@@H]1OC(C)=O.